The topological polar surface area (TPSA) is 8.17 Å². The Morgan fingerprint density at radius 1 is 0.310 bits per heavy atom. The van der Waals surface area contributed by atoms with Gasteiger partial charge < -0.3 is 9.47 Å². The molecule has 0 aliphatic heterocycles. The molecule has 0 aliphatic rings. The summed E-state index contributed by atoms with van der Waals surface area (Å²) in [4.78, 5) is 2.42. The first kappa shape index (κ1) is 33.6. The first-order chi connectivity index (χ1) is 28.8. The molecule has 0 spiro atoms. The van der Waals surface area contributed by atoms with Crippen molar-refractivity contribution in [1.82, 2.24) is 4.57 Å². The van der Waals surface area contributed by atoms with Crippen molar-refractivity contribution < 1.29 is 0 Å². The zero-order valence-electron chi connectivity index (χ0n) is 31.8. The van der Waals surface area contributed by atoms with E-state index < -0.39 is 0 Å². The molecule has 58 heavy (non-hydrogen) atoms. The Balaban J connectivity index is 1.11. The van der Waals surface area contributed by atoms with Crippen LogP contribution in [0.25, 0.3) is 82.4 Å². The molecule has 0 fully saturated rings. The summed E-state index contributed by atoms with van der Waals surface area (Å²) in [6.07, 6.45) is 0. The summed E-state index contributed by atoms with van der Waals surface area (Å²) in [5, 5.41) is 7.44. The Labute approximate surface area is 338 Å². The Morgan fingerprint density at radius 2 is 0.862 bits per heavy atom. The molecule has 0 bridgehead atoms. The number of fused-ring (bicyclic) bond motifs is 6. The Morgan fingerprint density at radius 3 is 1.64 bits per heavy atom. The summed E-state index contributed by atoms with van der Waals surface area (Å²) in [7, 11) is 0. The van der Waals surface area contributed by atoms with Gasteiger partial charge in [-0.05, 0) is 104 Å². The van der Waals surface area contributed by atoms with Gasteiger partial charge in [-0.1, -0.05) is 176 Å². The predicted molar refractivity (Wildman–Crippen MR) is 247 cm³/mol. The van der Waals surface area contributed by atoms with E-state index in [0.717, 1.165) is 22.7 Å². The van der Waals surface area contributed by atoms with Gasteiger partial charge in [0.2, 0.25) is 0 Å². The van der Waals surface area contributed by atoms with Crippen LogP contribution < -0.4 is 4.90 Å². The Kier molecular flexibility index (Phi) is 8.19. The van der Waals surface area contributed by atoms with Crippen LogP contribution in [0.2, 0.25) is 0 Å². The van der Waals surface area contributed by atoms with Gasteiger partial charge in [0.05, 0.1) is 16.7 Å². The average Bonchev–Trinajstić information content (AvgIpc) is 3.65. The molecule has 11 aromatic rings. The number of benzene rings is 10. The van der Waals surface area contributed by atoms with Crippen molar-refractivity contribution in [3.63, 3.8) is 0 Å². The molecule has 11 rings (SSSR count). The van der Waals surface area contributed by atoms with Crippen LogP contribution in [-0.2, 0) is 0 Å². The highest BCUT2D eigenvalue weighted by Gasteiger charge is 2.21. The minimum atomic E-state index is 1.10. The van der Waals surface area contributed by atoms with Crippen molar-refractivity contribution in [2.45, 2.75) is 0 Å². The summed E-state index contributed by atoms with van der Waals surface area (Å²) < 4.78 is 2.42. The highest BCUT2D eigenvalue weighted by atomic mass is 15.1. The van der Waals surface area contributed by atoms with Crippen molar-refractivity contribution in [3.8, 4) is 39.1 Å². The number of hydrogen-bond donors (Lipinski definition) is 0. The summed E-state index contributed by atoms with van der Waals surface area (Å²) in [6, 6.07) is 83.6. The monoisotopic (exact) mass is 738 g/mol. The molecule has 272 valence electrons. The summed E-state index contributed by atoms with van der Waals surface area (Å²) in [5.41, 5.74) is 14.1. The molecule has 0 saturated carbocycles. The third-order valence-corrected chi connectivity index (χ3v) is 11.6. The second kappa shape index (κ2) is 14.1. The number of nitrogens with zero attached hydrogens (tertiary/aromatic N) is 2. The second-order valence-electron chi connectivity index (χ2n) is 14.9. The Hall–Kier alpha value is -7.68. The first-order valence-corrected chi connectivity index (χ1v) is 19.9. The van der Waals surface area contributed by atoms with Gasteiger partial charge in [0.1, 0.15) is 0 Å². The predicted octanol–water partition coefficient (Wildman–Crippen LogP) is 15.6. The lowest BCUT2D eigenvalue weighted by atomic mass is 9.94. The summed E-state index contributed by atoms with van der Waals surface area (Å²) in [5.74, 6) is 0. The van der Waals surface area contributed by atoms with Crippen LogP contribution >= 0.6 is 0 Å². The molecule has 1 aromatic heterocycles. The number of para-hydroxylation sites is 1. The van der Waals surface area contributed by atoms with Gasteiger partial charge in [0, 0.05) is 33.2 Å². The van der Waals surface area contributed by atoms with Gasteiger partial charge in [0.25, 0.3) is 0 Å². The quantitative estimate of drug-likeness (QED) is 0.158. The molecule has 0 atom stereocenters. The van der Waals surface area contributed by atoms with Crippen LogP contribution in [0.3, 0.4) is 0 Å². The van der Waals surface area contributed by atoms with Crippen molar-refractivity contribution in [1.29, 1.82) is 0 Å². The molecule has 2 heteroatoms. The molecule has 10 aromatic carbocycles. The van der Waals surface area contributed by atoms with Crippen LogP contribution in [0, 0.1) is 0 Å². The zero-order chi connectivity index (χ0) is 38.4. The zero-order valence-corrected chi connectivity index (χ0v) is 31.8. The Bertz CT molecular complexity index is 3260. The lowest BCUT2D eigenvalue weighted by Crippen LogP contribution is -2.10. The molecule has 1 heterocycles. The highest BCUT2D eigenvalue weighted by Crippen LogP contribution is 2.45. The summed E-state index contributed by atoms with van der Waals surface area (Å²) in [6.45, 7) is 0. The van der Waals surface area contributed by atoms with E-state index in [1.165, 1.54) is 76.7 Å². The first-order valence-electron chi connectivity index (χ1n) is 19.9. The third-order valence-electron chi connectivity index (χ3n) is 11.6. The number of aromatic nitrogens is 1. The fraction of sp³-hybridized carbons (Fsp3) is 0. The van der Waals surface area contributed by atoms with Gasteiger partial charge in [-0.2, -0.15) is 0 Å². The van der Waals surface area contributed by atoms with E-state index in [1.807, 2.05) is 0 Å². The second-order valence-corrected chi connectivity index (χ2v) is 14.9. The SMILES string of the molecule is c1ccc(-c2ccccc2-c2ccc(N(c3cccc(-c4cccc5c4c4c6ccccc6ccc4n5-c4ccccc4)c3)c3cccc4ccccc34)cc2)cc1. The van der Waals surface area contributed by atoms with Crippen molar-refractivity contribution in [2.75, 3.05) is 4.90 Å². The standard InChI is InChI=1S/C56H38N2/c1-3-16-39(17-4-1)47-25-11-12-26-48(47)42-32-35-45(36-33-42)57(52-30-14-20-40-18-7-9-27-49(40)52)46-24-13-21-43(38-46)51-29-15-31-53-56(51)55-50-28-10-8-19-41(50)34-37-54(55)58(53)44-22-5-2-6-23-44/h1-38H. The van der Waals surface area contributed by atoms with E-state index in [0.29, 0.717) is 0 Å². The largest absolute Gasteiger partial charge is 0.310 e. The highest BCUT2D eigenvalue weighted by molar-refractivity contribution is 6.25. The van der Waals surface area contributed by atoms with Crippen LogP contribution in [-0.4, -0.2) is 4.57 Å². The molecule has 0 aliphatic carbocycles. The van der Waals surface area contributed by atoms with Gasteiger partial charge in [0.15, 0.2) is 0 Å². The molecular formula is C56H38N2. The number of rotatable bonds is 7. The molecular weight excluding hydrogens is 701 g/mol. The lowest BCUT2D eigenvalue weighted by Gasteiger charge is -2.27. The molecule has 0 amide bonds. The van der Waals surface area contributed by atoms with E-state index in [2.05, 4.69) is 240 Å². The average molecular weight is 739 g/mol. The molecule has 0 saturated heterocycles. The van der Waals surface area contributed by atoms with E-state index in [4.69, 9.17) is 0 Å². The van der Waals surface area contributed by atoms with Crippen LogP contribution in [0.4, 0.5) is 17.1 Å². The third kappa shape index (κ3) is 5.66. The van der Waals surface area contributed by atoms with Crippen LogP contribution in [0.5, 0.6) is 0 Å². The lowest BCUT2D eigenvalue weighted by molar-refractivity contribution is 1.18. The summed E-state index contributed by atoms with van der Waals surface area (Å²) >= 11 is 0. The van der Waals surface area contributed by atoms with Gasteiger partial charge in [-0.3, -0.25) is 0 Å². The number of anilines is 3. The van der Waals surface area contributed by atoms with E-state index in [-0.39, 0.29) is 0 Å². The molecule has 0 radical (unpaired) electrons. The normalized spacial score (nSPS) is 11.4. The van der Waals surface area contributed by atoms with E-state index >= 15 is 0 Å². The smallest absolute Gasteiger partial charge is 0.0547 e. The minimum absolute atomic E-state index is 1.10. The fourth-order valence-electron chi connectivity index (χ4n) is 8.96. The van der Waals surface area contributed by atoms with Crippen molar-refractivity contribution >= 4 is 60.4 Å². The van der Waals surface area contributed by atoms with Crippen LogP contribution in [0.1, 0.15) is 0 Å². The molecule has 2 nitrogen and oxygen atoms in total. The maximum Gasteiger partial charge on any atom is 0.0547 e. The van der Waals surface area contributed by atoms with Crippen molar-refractivity contribution in [2.24, 2.45) is 0 Å². The van der Waals surface area contributed by atoms with Gasteiger partial charge in [-0.25, -0.2) is 0 Å². The molecule has 0 N–H and O–H groups in total. The van der Waals surface area contributed by atoms with Crippen molar-refractivity contribution in [3.05, 3.63) is 231 Å². The minimum Gasteiger partial charge on any atom is -0.310 e. The number of hydrogen-bond acceptors (Lipinski definition) is 1. The van der Waals surface area contributed by atoms with E-state index in [9.17, 15) is 0 Å². The van der Waals surface area contributed by atoms with E-state index in [1.54, 1.807) is 0 Å². The fourth-order valence-corrected chi connectivity index (χ4v) is 8.96. The van der Waals surface area contributed by atoms with Gasteiger partial charge in [-0.15, -0.1) is 0 Å². The van der Waals surface area contributed by atoms with Crippen LogP contribution in [0.15, 0.2) is 231 Å². The molecule has 0 unspecified atom stereocenters. The maximum absolute atomic E-state index is 2.42. The van der Waals surface area contributed by atoms with Gasteiger partial charge >= 0.3 is 0 Å². The maximum atomic E-state index is 2.42.